The number of benzene rings is 1. The number of nitrogens with one attached hydrogen (secondary N) is 1. The van der Waals surface area contributed by atoms with Gasteiger partial charge in [-0.1, -0.05) is 0 Å². The minimum absolute atomic E-state index is 0.0435. The molecule has 0 fully saturated rings. The number of hydrogen-bond acceptors (Lipinski definition) is 6. The van der Waals surface area contributed by atoms with Gasteiger partial charge in [-0.2, -0.15) is 10.4 Å². The number of ether oxygens (including phenoxy) is 1. The first-order valence-corrected chi connectivity index (χ1v) is 10.2. The quantitative estimate of drug-likeness (QED) is 0.509. The van der Waals surface area contributed by atoms with E-state index in [0.717, 1.165) is 12.1 Å². The Morgan fingerprint density at radius 1 is 1.13 bits per heavy atom. The maximum absolute atomic E-state index is 14.0. The molecule has 0 spiro atoms. The van der Waals surface area contributed by atoms with E-state index in [2.05, 4.69) is 14.8 Å². The molecule has 3 heterocycles. The van der Waals surface area contributed by atoms with Gasteiger partial charge in [0.1, 0.15) is 28.3 Å². The lowest BCUT2D eigenvalue weighted by atomic mass is 10.1. The van der Waals surface area contributed by atoms with Gasteiger partial charge in [0.15, 0.2) is 0 Å². The van der Waals surface area contributed by atoms with Crippen molar-refractivity contribution in [2.45, 2.75) is 4.90 Å². The number of hydrogen-bond donors (Lipinski definition) is 1. The molecule has 0 aliphatic heterocycles. The number of rotatable bonds is 5. The molecule has 1 N–H and O–H groups in total. The van der Waals surface area contributed by atoms with E-state index >= 15 is 0 Å². The fourth-order valence-electron chi connectivity index (χ4n) is 2.99. The van der Waals surface area contributed by atoms with Crippen LogP contribution in [0.4, 0.5) is 14.5 Å². The van der Waals surface area contributed by atoms with Crippen molar-refractivity contribution in [2.75, 3.05) is 11.8 Å². The number of aromatic nitrogens is 3. The van der Waals surface area contributed by atoms with E-state index < -0.39 is 26.6 Å². The summed E-state index contributed by atoms with van der Waals surface area (Å²) in [5.41, 5.74) is 2.03. The number of fused-ring (bicyclic) bond motifs is 1. The third-order valence-corrected chi connectivity index (χ3v) is 5.85. The van der Waals surface area contributed by atoms with Crippen molar-refractivity contribution in [1.82, 2.24) is 14.6 Å². The lowest BCUT2D eigenvalue weighted by molar-refractivity contribution is 0.400. The fourth-order valence-corrected chi connectivity index (χ4v) is 4.09. The van der Waals surface area contributed by atoms with Crippen LogP contribution in [0.1, 0.15) is 5.56 Å². The Balaban J connectivity index is 1.77. The van der Waals surface area contributed by atoms with Crippen LogP contribution in [0.25, 0.3) is 16.6 Å². The second kappa shape index (κ2) is 7.66. The number of anilines is 1. The monoisotopic (exact) mass is 441 g/mol. The second-order valence-corrected chi connectivity index (χ2v) is 8.03. The van der Waals surface area contributed by atoms with E-state index in [0.29, 0.717) is 28.3 Å². The summed E-state index contributed by atoms with van der Waals surface area (Å²) in [7, 11) is -3.10. The van der Waals surface area contributed by atoms with Crippen LogP contribution in [0, 0.1) is 23.0 Å². The highest BCUT2D eigenvalue weighted by molar-refractivity contribution is 7.92. The van der Waals surface area contributed by atoms with Crippen molar-refractivity contribution in [3.8, 4) is 23.1 Å². The molecule has 0 aliphatic rings. The van der Waals surface area contributed by atoms with E-state index in [1.807, 2.05) is 6.07 Å². The number of nitriles is 1. The maximum Gasteiger partial charge on any atom is 0.264 e. The standard InChI is InChI=1S/C20H13F2N5O3S/c1-30-20-17(26-31(28,29)19-3-2-15(21)8-16(19)22)6-13(10-24-20)12-4-5-27-18(7-12)14(9-23)11-25-27/h2-8,10-11,26H,1H3. The Bertz CT molecular complexity index is 1460. The van der Waals surface area contributed by atoms with Crippen LogP contribution in [-0.2, 0) is 10.0 Å². The van der Waals surface area contributed by atoms with Gasteiger partial charge in [0.05, 0.1) is 24.4 Å². The average Bonchev–Trinajstić information content (AvgIpc) is 3.15. The van der Waals surface area contributed by atoms with Crippen LogP contribution < -0.4 is 9.46 Å². The Morgan fingerprint density at radius 2 is 1.94 bits per heavy atom. The molecule has 0 aliphatic carbocycles. The Hall–Kier alpha value is -4.04. The first-order valence-electron chi connectivity index (χ1n) is 8.72. The third kappa shape index (κ3) is 3.76. The normalized spacial score (nSPS) is 11.3. The van der Waals surface area contributed by atoms with Crippen molar-refractivity contribution in [3.63, 3.8) is 0 Å². The van der Waals surface area contributed by atoms with Gasteiger partial charge in [0.25, 0.3) is 10.0 Å². The summed E-state index contributed by atoms with van der Waals surface area (Å²) in [5, 5.41) is 13.3. The summed E-state index contributed by atoms with van der Waals surface area (Å²) < 4.78 is 61.4. The predicted molar refractivity (Wildman–Crippen MR) is 107 cm³/mol. The first-order chi connectivity index (χ1) is 14.8. The molecule has 4 aromatic rings. The molecule has 4 rings (SSSR count). The van der Waals surface area contributed by atoms with Crippen molar-refractivity contribution < 1.29 is 21.9 Å². The first kappa shape index (κ1) is 20.2. The molecule has 0 bridgehead atoms. The van der Waals surface area contributed by atoms with E-state index in [-0.39, 0.29) is 11.6 Å². The molecule has 156 valence electrons. The third-order valence-electron chi connectivity index (χ3n) is 4.45. The molecule has 11 heteroatoms. The SMILES string of the molecule is COc1ncc(-c2ccn3ncc(C#N)c3c2)cc1NS(=O)(=O)c1ccc(F)cc1F. The molecule has 1 aromatic carbocycles. The van der Waals surface area contributed by atoms with Crippen LogP contribution in [0.2, 0.25) is 0 Å². The number of halogens is 2. The van der Waals surface area contributed by atoms with E-state index in [9.17, 15) is 22.5 Å². The van der Waals surface area contributed by atoms with Crippen LogP contribution in [0.3, 0.4) is 0 Å². The molecular weight excluding hydrogens is 428 g/mol. The van der Waals surface area contributed by atoms with Gasteiger partial charge in [-0.3, -0.25) is 4.72 Å². The van der Waals surface area contributed by atoms with Gasteiger partial charge in [0, 0.05) is 24.0 Å². The van der Waals surface area contributed by atoms with Gasteiger partial charge in [-0.15, -0.1) is 0 Å². The molecule has 31 heavy (non-hydrogen) atoms. The minimum atomic E-state index is -4.40. The average molecular weight is 441 g/mol. The molecule has 3 aromatic heterocycles. The Kier molecular flexibility index (Phi) is 5.00. The van der Waals surface area contributed by atoms with Crippen LogP contribution >= 0.6 is 0 Å². The highest BCUT2D eigenvalue weighted by Crippen LogP contribution is 2.31. The molecular formula is C20H13F2N5O3S. The van der Waals surface area contributed by atoms with E-state index in [1.165, 1.54) is 30.1 Å². The molecule has 8 nitrogen and oxygen atoms in total. The van der Waals surface area contributed by atoms with Crippen molar-refractivity contribution in [3.05, 3.63) is 72.2 Å². The van der Waals surface area contributed by atoms with Crippen molar-refractivity contribution in [1.29, 1.82) is 5.26 Å². The zero-order chi connectivity index (χ0) is 22.2. The fraction of sp³-hybridized carbons (Fsp3) is 0.0500. The highest BCUT2D eigenvalue weighted by Gasteiger charge is 2.22. The highest BCUT2D eigenvalue weighted by atomic mass is 32.2. The minimum Gasteiger partial charge on any atom is -0.480 e. The molecule has 0 atom stereocenters. The summed E-state index contributed by atoms with van der Waals surface area (Å²) in [6, 6.07) is 9.07. The van der Waals surface area contributed by atoms with Crippen LogP contribution in [-0.4, -0.2) is 30.1 Å². The zero-order valence-corrected chi connectivity index (χ0v) is 16.7. The van der Waals surface area contributed by atoms with Crippen LogP contribution in [0.5, 0.6) is 5.88 Å². The van der Waals surface area contributed by atoms with Crippen molar-refractivity contribution in [2.24, 2.45) is 0 Å². The predicted octanol–water partition coefficient (Wildman–Crippen LogP) is 3.36. The summed E-state index contributed by atoms with van der Waals surface area (Å²) in [4.78, 5) is 3.39. The van der Waals surface area contributed by atoms with Crippen molar-refractivity contribution >= 4 is 21.2 Å². The molecule has 0 saturated heterocycles. The van der Waals surface area contributed by atoms with Gasteiger partial charge >= 0.3 is 0 Å². The molecule has 0 unspecified atom stereocenters. The van der Waals surface area contributed by atoms with Crippen LogP contribution in [0.15, 0.2) is 59.9 Å². The topological polar surface area (TPSA) is 109 Å². The van der Waals surface area contributed by atoms with E-state index in [4.69, 9.17) is 4.74 Å². The van der Waals surface area contributed by atoms with E-state index in [1.54, 1.807) is 18.3 Å². The Labute approximate surface area is 175 Å². The lowest BCUT2D eigenvalue weighted by Gasteiger charge is -2.13. The molecule has 0 amide bonds. The number of methoxy groups -OCH3 is 1. The Morgan fingerprint density at radius 3 is 2.65 bits per heavy atom. The largest absolute Gasteiger partial charge is 0.480 e. The lowest BCUT2D eigenvalue weighted by Crippen LogP contribution is -2.15. The summed E-state index contributed by atoms with van der Waals surface area (Å²) in [5.74, 6) is -2.17. The van der Waals surface area contributed by atoms with Gasteiger partial charge in [-0.25, -0.2) is 26.7 Å². The summed E-state index contributed by atoms with van der Waals surface area (Å²) >= 11 is 0. The van der Waals surface area contributed by atoms with Gasteiger partial charge in [-0.05, 0) is 35.9 Å². The molecule has 0 saturated carbocycles. The summed E-state index contributed by atoms with van der Waals surface area (Å²) in [6.45, 7) is 0. The number of nitrogens with zero attached hydrogens (tertiary/aromatic N) is 4. The molecule has 0 radical (unpaired) electrons. The number of sulfonamides is 1. The van der Waals surface area contributed by atoms with Gasteiger partial charge < -0.3 is 4.74 Å². The summed E-state index contributed by atoms with van der Waals surface area (Å²) in [6.07, 6.45) is 4.54. The zero-order valence-electron chi connectivity index (χ0n) is 15.9. The van der Waals surface area contributed by atoms with Gasteiger partial charge in [0.2, 0.25) is 5.88 Å². The maximum atomic E-state index is 14.0. The number of pyridine rings is 2. The smallest absolute Gasteiger partial charge is 0.264 e. The second-order valence-electron chi connectivity index (χ2n) is 6.38.